The summed E-state index contributed by atoms with van der Waals surface area (Å²) in [5.41, 5.74) is 0. The summed E-state index contributed by atoms with van der Waals surface area (Å²) >= 11 is 0. The van der Waals surface area contributed by atoms with E-state index in [-0.39, 0.29) is 6.10 Å². The Labute approximate surface area is 99.9 Å². The molecular formula is C14H14O3. The number of rotatable bonds is 4. The third-order valence-electron chi connectivity index (χ3n) is 2.86. The minimum Gasteiger partial charge on any atom is -0.497 e. The van der Waals surface area contributed by atoms with Crippen molar-refractivity contribution in [3.8, 4) is 11.5 Å². The van der Waals surface area contributed by atoms with Gasteiger partial charge in [-0.15, -0.1) is 0 Å². The standard InChI is InChI=1S/C14H14O3/c1-15-12-4-2-10-3-5-13(7-11(10)6-12)16-8-14-9-17-14/h2-7,14H,8-9H2,1H3. The fourth-order valence-corrected chi connectivity index (χ4v) is 1.77. The molecule has 88 valence electrons. The zero-order chi connectivity index (χ0) is 11.7. The van der Waals surface area contributed by atoms with Gasteiger partial charge in [-0.2, -0.15) is 0 Å². The van der Waals surface area contributed by atoms with Crippen LogP contribution in [0.2, 0.25) is 0 Å². The number of epoxide rings is 1. The molecule has 1 aliphatic heterocycles. The topological polar surface area (TPSA) is 31.0 Å². The molecule has 1 fully saturated rings. The van der Waals surface area contributed by atoms with Gasteiger partial charge in [0.15, 0.2) is 0 Å². The van der Waals surface area contributed by atoms with E-state index in [0.29, 0.717) is 6.61 Å². The lowest BCUT2D eigenvalue weighted by Gasteiger charge is -2.07. The zero-order valence-electron chi connectivity index (χ0n) is 9.68. The molecule has 1 unspecified atom stereocenters. The van der Waals surface area contributed by atoms with Crippen LogP contribution in [-0.4, -0.2) is 26.4 Å². The minimum atomic E-state index is 0.288. The molecule has 1 atom stereocenters. The van der Waals surface area contributed by atoms with Gasteiger partial charge in [-0.1, -0.05) is 12.1 Å². The number of hydrogen-bond acceptors (Lipinski definition) is 3. The second-order valence-corrected chi connectivity index (χ2v) is 4.14. The van der Waals surface area contributed by atoms with Crippen molar-refractivity contribution in [2.45, 2.75) is 6.10 Å². The highest BCUT2D eigenvalue weighted by Crippen LogP contribution is 2.25. The van der Waals surface area contributed by atoms with Crippen molar-refractivity contribution in [1.82, 2.24) is 0 Å². The maximum absolute atomic E-state index is 5.65. The van der Waals surface area contributed by atoms with Crippen molar-refractivity contribution in [3.05, 3.63) is 36.4 Å². The van der Waals surface area contributed by atoms with E-state index in [9.17, 15) is 0 Å². The van der Waals surface area contributed by atoms with Crippen molar-refractivity contribution in [2.24, 2.45) is 0 Å². The largest absolute Gasteiger partial charge is 0.497 e. The van der Waals surface area contributed by atoms with Crippen LogP contribution >= 0.6 is 0 Å². The van der Waals surface area contributed by atoms with Gasteiger partial charge >= 0.3 is 0 Å². The first-order chi connectivity index (χ1) is 8.35. The molecular weight excluding hydrogens is 216 g/mol. The van der Waals surface area contributed by atoms with Crippen LogP contribution in [0.25, 0.3) is 10.8 Å². The first-order valence-corrected chi connectivity index (χ1v) is 5.67. The lowest BCUT2D eigenvalue weighted by atomic mass is 10.1. The molecule has 2 aromatic rings. The van der Waals surface area contributed by atoms with E-state index >= 15 is 0 Å². The Morgan fingerprint density at radius 2 is 1.82 bits per heavy atom. The highest BCUT2D eigenvalue weighted by atomic mass is 16.6. The second kappa shape index (κ2) is 4.26. The summed E-state index contributed by atoms with van der Waals surface area (Å²) in [6.07, 6.45) is 0.288. The van der Waals surface area contributed by atoms with Crippen LogP contribution in [0.3, 0.4) is 0 Å². The monoisotopic (exact) mass is 230 g/mol. The van der Waals surface area contributed by atoms with Gasteiger partial charge in [0.2, 0.25) is 0 Å². The van der Waals surface area contributed by atoms with Gasteiger partial charge in [0.25, 0.3) is 0 Å². The molecule has 1 aliphatic rings. The van der Waals surface area contributed by atoms with E-state index in [1.165, 1.54) is 5.39 Å². The molecule has 1 saturated heterocycles. The van der Waals surface area contributed by atoms with Crippen LogP contribution in [0.4, 0.5) is 0 Å². The van der Waals surface area contributed by atoms with Gasteiger partial charge in [0.05, 0.1) is 13.7 Å². The third-order valence-corrected chi connectivity index (χ3v) is 2.86. The van der Waals surface area contributed by atoms with Gasteiger partial charge in [0.1, 0.15) is 24.2 Å². The highest BCUT2D eigenvalue weighted by Gasteiger charge is 2.22. The highest BCUT2D eigenvalue weighted by molar-refractivity contribution is 5.85. The molecule has 3 nitrogen and oxygen atoms in total. The van der Waals surface area contributed by atoms with Gasteiger partial charge in [0, 0.05) is 0 Å². The maximum atomic E-state index is 5.65. The van der Waals surface area contributed by atoms with Crippen molar-refractivity contribution in [3.63, 3.8) is 0 Å². The lowest BCUT2D eigenvalue weighted by Crippen LogP contribution is -2.03. The Balaban J connectivity index is 1.86. The average Bonchev–Trinajstić information content (AvgIpc) is 3.19. The number of hydrogen-bond donors (Lipinski definition) is 0. The molecule has 3 rings (SSSR count). The zero-order valence-corrected chi connectivity index (χ0v) is 9.68. The predicted molar refractivity (Wildman–Crippen MR) is 65.7 cm³/mol. The molecule has 1 heterocycles. The second-order valence-electron chi connectivity index (χ2n) is 4.14. The summed E-state index contributed by atoms with van der Waals surface area (Å²) in [7, 11) is 1.67. The predicted octanol–water partition coefficient (Wildman–Crippen LogP) is 2.63. The maximum Gasteiger partial charge on any atom is 0.120 e. The fraction of sp³-hybridized carbons (Fsp3) is 0.286. The summed E-state index contributed by atoms with van der Waals surface area (Å²) in [6, 6.07) is 12.1. The molecule has 0 saturated carbocycles. The first-order valence-electron chi connectivity index (χ1n) is 5.67. The summed E-state index contributed by atoms with van der Waals surface area (Å²) < 4.78 is 16.0. The van der Waals surface area contributed by atoms with Gasteiger partial charge in [-0.05, 0) is 35.0 Å². The Morgan fingerprint density at radius 3 is 2.53 bits per heavy atom. The van der Waals surface area contributed by atoms with Gasteiger partial charge in [-0.25, -0.2) is 0 Å². The van der Waals surface area contributed by atoms with Gasteiger partial charge in [-0.3, -0.25) is 0 Å². The summed E-state index contributed by atoms with van der Waals surface area (Å²) in [5, 5.41) is 2.30. The van der Waals surface area contributed by atoms with Crippen molar-refractivity contribution >= 4 is 10.8 Å². The molecule has 0 amide bonds. The van der Waals surface area contributed by atoms with Crippen molar-refractivity contribution in [1.29, 1.82) is 0 Å². The number of fused-ring (bicyclic) bond motifs is 1. The first kappa shape index (κ1) is 10.4. The van der Waals surface area contributed by atoms with Crippen LogP contribution in [0.1, 0.15) is 0 Å². The van der Waals surface area contributed by atoms with Crippen molar-refractivity contribution < 1.29 is 14.2 Å². The molecule has 3 heteroatoms. The summed E-state index contributed by atoms with van der Waals surface area (Å²) in [5.74, 6) is 1.74. The number of benzene rings is 2. The molecule has 0 radical (unpaired) electrons. The Morgan fingerprint density at radius 1 is 1.12 bits per heavy atom. The molecule has 0 spiro atoms. The van der Waals surface area contributed by atoms with E-state index in [1.807, 2.05) is 30.3 Å². The van der Waals surface area contributed by atoms with E-state index < -0.39 is 0 Å². The molecule has 0 bridgehead atoms. The number of methoxy groups -OCH3 is 1. The molecule has 2 aromatic carbocycles. The molecule has 0 aromatic heterocycles. The average molecular weight is 230 g/mol. The Bertz CT molecular complexity index is 532. The number of ether oxygens (including phenoxy) is 3. The van der Waals surface area contributed by atoms with Crippen LogP contribution in [-0.2, 0) is 4.74 Å². The summed E-state index contributed by atoms with van der Waals surface area (Å²) in [4.78, 5) is 0. The third kappa shape index (κ3) is 2.34. The summed E-state index contributed by atoms with van der Waals surface area (Å²) in [6.45, 7) is 1.46. The van der Waals surface area contributed by atoms with Gasteiger partial charge < -0.3 is 14.2 Å². The minimum absolute atomic E-state index is 0.288. The van der Waals surface area contributed by atoms with E-state index in [1.54, 1.807) is 7.11 Å². The molecule has 17 heavy (non-hydrogen) atoms. The smallest absolute Gasteiger partial charge is 0.120 e. The quantitative estimate of drug-likeness (QED) is 0.756. The van der Waals surface area contributed by atoms with Crippen LogP contribution in [0.15, 0.2) is 36.4 Å². The van der Waals surface area contributed by atoms with E-state index in [0.717, 1.165) is 23.5 Å². The SMILES string of the molecule is COc1ccc2ccc(OCC3CO3)cc2c1. The van der Waals surface area contributed by atoms with Crippen LogP contribution < -0.4 is 9.47 Å². The Kier molecular flexibility index (Phi) is 2.61. The molecule has 0 N–H and O–H groups in total. The van der Waals surface area contributed by atoms with E-state index in [2.05, 4.69) is 6.07 Å². The van der Waals surface area contributed by atoms with Crippen molar-refractivity contribution in [2.75, 3.05) is 20.3 Å². The van der Waals surface area contributed by atoms with Crippen LogP contribution in [0, 0.1) is 0 Å². The lowest BCUT2D eigenvalue weighted by molar-refractivity contribution is 0.263. The normalized spacial score (nSPS) is 18.1. The fourth-order valence-electron chi connectivity index (χ4n) is 1.77. The molecule has 0 aliphatic carbocycles. The van der Waals surface area contributed by atoms with E-state index in [4.69, 9.17) is 14.2 Å². The van der Waals surface area contributed by atoms with Crippen LogP contribution in [0.5, 0.6) is 11.5 Å². The Hall–Kier alpha value is -1.74.